The summed E-state index contributed by atoms with van der Waals surface area (Å²) in [6.07, 6.45) is 1.70. The summed E-state index contributed by atoms with van der Waals surface area (Å²) in [6, 6.07) is 14.7. The highest BCUT2D eigenvalue weighted by atomic mass is 35.5. The quantitative estimate of drug-likeness (QED) is 0.508. The van der Waals surface area contributed by atoms with E-state index in [0.717, 1.165) is 24.7 Å². The number of ether oxygens (including phenoxy) is 1. The zero-order chi connectivity index (χ0) is 21.8. The third kappa shape index (κ3) is 5.52. The van der Waals surface area contributed by atoms with Gasteiger partial charge in [-0.1, -0.05) is 53.0 Å². The lowest BCUT2D eigenvalue weighted by Gasteiger charge is -2.34. The van der Waals surface area contributed by atoms with Crippen LogP contribution in [0.4, 0.5) is 0 Å². The maximum absolute atomic E-state index is 12.8. The first-order valence-electron chi connectivity index (χ1n) is 9.86. The number of piperazine rings is 1. The van der Waals surface area contributed by atoms with Gasteiger partial charge in [-0.05, 0) is 35.9 Å². The van der Waals surface area contributed by atoms with Gasteiger partial charge in [0.25, 0.3) is 5.91 Å². The second kappa shape index (κ2) is 9.92. The van der Waals surface area contributed by atoms with Gasteiger partial charge < -0.3 is 9.64 Å². The summed E-state index contributed by atoms with van der Waals surface area (Å²) in [5.74, 6) is 0.307. The van der Waals surface area contributed by atoms with Crippen LogP contribution in [0.15, 0.2) is 54.7 Å². The Morgan fingerprint density at radius 2 is 1.68 bits per heavy atom. The van der Waals surface area contributed by atoms with E-state index in [2.05, 4.69) is 16.1 Å². The molecule has 0 saturated carbocycles. The molecule has 1 aliphatic heterocycles. The molecular weight excluding hydrogens is 459 g/mol. The third-order valence-electron chi connectivity index (χ3n) is 5.07. The Morgan fingerprint density at radius 1 is 0.968 bits per heavy atom. The van der Waals surface area contributed by atoms with E-state index in [4.69, 9.17) is 39.5 Å². The van der Waals surface area contributed by atoms with Gasteiger partial charge in [0, 0.05) is 43.9 Å². The highest BCUT2D eigenvalue weighted by molar-refractivity contribution is 6.37. The van der Waals surface area contributed by atoms with Gasteiger partial charge in [-0.2, -0.15) is 5.10 Å². The number of carbonyl (C=O) groups is 1. The third-order valence-corrected chi connectivity index (χ3v) is 5.90. The van der Waals surface area contributed by atoms with Crippen molar-refractivity contribution in [2.45, 2.75) is 13.3 Å². The molecule has 6 nitrogen and oxygen atoms in total. The topological polar surface area (TPSA) is 50.6 Å². The molecule has 1 aliphatic rings. The minimum atomic E-state index is -0.0862. The number of halogens is 3. The molecule has 9 heteroatoms. The van der Waals surface area contributed by atoms with E-state index >= 15 is 0 Å². The Morgan fingerprint density at radius 3 is 2.39 bits per heavy atom. The second-order valence-electron chi connectivity index (χ2n) is 7.26. The van der Waals surface area contributed by atoms with Crippen LogP contribution in [0.3, 0.4) is 0 Å². The van der Waals surface area contributed by atoms with Gasteiger partial charge in [-0.3, -0.25) is 9.69 Å². The van der Waals surface area contributed by atoms with Crippen molar-refractivity contribution in [3.63, 3.8) is 0 Å². The maximum Gasteiger partial charge on any atom is 0.274 e. The van der Waals surface area contributed by atoms with Crippen molar-refractivity contribution in [2.75, 3.05) is 26.2 Å². The van der Waals surface area contributed by atoms with Crippen molar-refractivity contribution in [3.05, 3.63) is 81.1 Å². The van der Waals surface area contributed by atoms with E-state index in [0.29, 0.717) is 34.6 Å². The normalized spacial score (nSPS) is 14.6. The molecule has 2 aromatic carbocycles. The molecule has 0 spiro atoms. The van der Waals surface area contributed by atoms with Crippen LogP contribution in [-0.4, -0.2) is 51.7 Å². The predicted octanol–water partition coefficient (Wildman–Crippen LogP) is 4.84. The van der Waals surface area contributed by atoms with Gasteiger partial charge >= 0.3 is 0 Å². The Kier molecular flexibility index (Phi) is 7.02. The molecule has 1 aromatic heterocycles. The number of amides is 1. The van der Waals surface area contributed by atoms with Gasteiger partial charge in [0.15, 0.2) is 18.2 Å². The molecule has 3 aromatic rings. The summed E-state index contributed by atoms with van der Waals surface area (Å²) in [6.45, 7) is 3.82. The zero-order valence-corrected chi connectivity index (χ0v) is 18.9. The summed E-state index contributed by atoms with van der Waals surface area (Å²) in [5, 5.41) is 5.93. The summed E-state index contributed by atoms with van der Waals surface area (Å²) < 4.78 is 7.21. The summed E-state index contributed by atoms with van der Waals surface area (Å²) in [7, 11) is 0. The van der Waals surface area contributed by atoms with Crippen molar-refractivity contribution in [2.24, 2.45) is 0 Å². The molecule has 1 saturated heterocycles. The van der Waals surface area contributed by atoms with E-state index in [1.54, 1.807) is 35.1 Å². The second-order valence-corrected chi connectivity index (χ2v) is 8.51. The van der Waals surface area contributed by atoms with Crippen LogP contribution >= 0.6 is 34.8 Å². The number of para-hydroxylation sites is 1. The summed E-state index contributed by atoms with van der Waals surface area (Å²) in [4.78, 5) is 17.0. The fourth-order valence-corrected chi connectivity index (χ4v) is 4.18. The summed E-state index contributed by atoms with van der Waals surface area (Å²) >= 11 is 18.3. The molecule has 0 atom stereocenters. The fraction of sp³-hybridized carbons (Fsp3) is 0.273. The van der Waals surface area contributed by atoms with Gasteiger partial charge in [0.05, 0.1) is 10.0 Å². The number of hydrogen-bond donors (Lipinski definition) is 0. The molecule has 0 bridgehead atoms. The highest BCUT2D eigenvalue weighted by Crippen LogP contribution is 2.32. The van der Waals surface area contributed by atoms with Crippen molar-refractivity contribution in [1.82, 2.24) is 19.6 Å². The SMILES string of the molecule is O=C(c1ccn(COc2c(Cl)cccc2Cl)n1)N1CCN(Cc2cccc(Cl)c2)CC1. The lowest BCUT2D eigenvalue weighted by Crippen LogP contribution is -2.48. The van der Waals surface area contributed by atoms with Crippen molar-refractivity contribution >= 4 is 40.7 Å². The molecular formula is C22H21Cl3N4O2. The van der Waals surface area contributed by atoms with E-state index in [-0.39, 0.29) is 12.6 Å². The zero-order valence-electron chi connectivity index (χ0n) is 16.7. The molecule has 162 valence electrons. The first-order chi connectivity index (χ1) is 15.0. The van der Waals surface area contributed by atoms with Crippen LogP contribution < -0.4 is 4.74 Å². The highest BCUT2D eigenvalue weighted by Gasteiger charge is 2.23. The van der Waals surface area contributed by atoms with Crippen LogP contribution in [0, 0.1) is 0 Å². The largest absolute Gasteiger partial charge is 0.468 e. The smallest absolute Gasteiger partial charge is 0.274 e. The molecule has 0 aliphatic carbocycles. The first kappa shape index (κ1) is 22.0. The Bertz CT molecular complexity index is 1040. The lowest BCUT2D eigenvalue weighted by atomic mass is 10.2. The van der Waals surface area contributed by atoms with Crippen LogP contribution in [-0.2, 0) is 13.3 Å². The van der Waals surface area contributed by atoms with Crippen molar-refractivity contribution < 1.29 is 9.53 Å². The van der Waals surface area contributed by atoms with Gasteiger partial charge in [0.2, 0.25) is 0 Å². The maximum atomic E-state index is 12.8. The van der Waals surface area contributed by atoms with E-state index in [1.807, 2.05) is 23.1 Å². The minimum Gasteiger partial charge on any atom is -0.468 e. The number of carbonyl (C=O) groups excluding carboxylic acids is 1. The van der Waals surface area contributed by atoms with E-state index < -0.39 is 0 Å². The molecule has 0 N–H and O–H groups in total. The van der Waals surface area contributed by atoms with Crippen LogP contribution in [0.1, 0.15) is 16.1 Å². The first-order valence-corrected chi connectivity index (χ1v) is 11.0. The molecule has 0 radical (unpaired) electrons. The molecule has 1 fully saturated rings. The lowest BCUT2D eigenvalue weighted by molar-refractivity contribution is 0.0621. The van der Waals surface area contributed by atoms with Crippen LogP contribution in [0.25, 0.3) is 0 Å². The molecule has 31 heavy (non-hydrogen) atoms. The Labute approximate surface area is 195 Å². The number of aromatic nitrogens is 2. The average Bonchev–Trinajstić information content (AvgIpc) is 3.22. The summed E-state index contributed by atoms with van der Waals surface area (Å²) in [5.41, 5.74) is 1.56. The molecule has 0 unspecified atom stereocenters. The number of benzene rings is 2. The van der Waals surface area contributed by atoms with Crippen LogP contribution in [0.5, 0.6) is 5.75 Å². The van der Waals surface area contributed by atoms with E-state index in [1.165, 1.54) is 5.56 Å². The standard InChI is InChI=1S/C22H21Cl3N4O2/c23-17-4-1-3-16(13-17)14-27-9-11-28(12-10-27)22(30)20-7-8-29(26-20)15-31-21-18(24)5-2-6-19(21)25/h1-8,13H,9-12,14-15H2. The molecule has 2 heterocycles. The number of hydrogen-bond acceptors (Lipinski definition) is 4. The molecule has 1 amide bonds. The number of rotatable bonds is 6. The Balaban J connectivity index is 1.30. The molecule has 4 rings (SSSR count). The van der Waals surface area contributed by atoms with Crippen molar-refractivity contribution in [3.8, 4) is 5.75 Å². The monoisotopic (exact) mass is 478 g/mol. The van der Waals surface area contributed by atoms with Gasteiger partial charge in [-0.25, -0.2) is 4.68 Å². The predicted molar refractivity (Wildman–Crippen MR) is 122 cm³/mol. The van der Waals surface area contributed by atoms with Gasteiger partial charge in [0.1, 0.15) is 0 Å². The average molecular weight is 480 g/mol. The fourth-order valence-electron chi connectivity index (χ4n) is 3.46. The van der Waals surface area contributed by atoms with Gasteiger partial charge in [-0.15, -0.1) is 0 Å². The van der Waals surface area contributed by atoms with Crippen LogP contribution in [0.2, 0.25) is 15.1 Å². The van der Waals surface area contributed by atoms with E-state index in [9.17, 15) is 4.79 Å². The number of nitrogens with zero attached hydrogens (tertiary/aromatic N) is 4. The van der Waals surface area contributed by atoms with Crippen molar-refractivity contribution in [1.29, 1.82) is 0 Å². The minimum absolute atomic E-state index is 0.0862. The Hall–Kier alpha value is -2.25.